The maximum Gasteiger partial charge on any atom is 0.251 e. The molecule has 32 heavy (non-hydrogen) atoms. The van der Waals surface area contributed by atoms with Crippen molar-refractivity contribution in [2.24, 2.45) is 0 Å². The van der Waals surface area contributed by atoms with Gasteiger partial charge in [-0.25, -0.2) is 9.97 Å². The number of hydrogen-bond acceptors (Lipinski definition) is 5. The molecule has 1 aliphatic rings. The fourth-order valence-corrected chi connectivity index (χ4v) is 3.86. The number of aromatic nitrogens is 2. The molecule has 0 atom stereocenters. The zero-order valence-corrected chi connectivity index (χ0v) is 18.1. The Kier molecular flexibility index (Phi) is 4.98. The summed E-state index contributed by atoms with van der Waals surface area (Å²) >= 11 is 0. The standard InChI is InChI=1S/C26H24N4O2/c1-15-10-20(14-28-26(15)32-2)16-6-9-23-19(11-16)13-22(24(27)30-23)17-4-3-5-18(12-17)25(31)29-21-7-8-21/h3-6,9-14,21H,7-8H2,1-2H3,(H2,27,30)(H,29,31). The number of carbonyl (C=O) groups is 1. The molecule has 2 aromatic heterocycles. The van der Waals surface area contributed by atoms with E-state index in [1.54, 1.807) is 13.3 Å². The van der Waals surface area contributed by atoms with Crippen molar-refractivity contribution >= 4 is 22.6 Å². The lowest BCUT2D eigenvalue weighted by Crippen LogP contribution is -2.25. The van der Waals surface area contributed by atoms with Crippen molar-refractivity contribution in [2.45, 2.75) is 25.8 Å². The highest BCUT2D eigenvalue weighted by Crippen LogP contribution is 2.32. The van der Waals surface area contributed by atoms with Gasteiger partial charge in [-0.2, -0.15) is 0 Å². The van der Waals surface area contributed by atoms with Gasteiger partial charge in [0.05, 0.1) is 12.6 Å². The van der Waals surface area contributed by atoms with Crippen LogP contribution in [0, 0.1) is 6.92 Å². The lowest BCUT2D eigenvalue weighted by molar-refractivity contribution is 0.0951. The van der Waals surface area contributed by atoms with Crippen molar-refractivity contribution in [2.75, 3.05) is 12.8 Å². The van der Waals surface area contributed by atoms with Crippen LogP contribution in [0.5, 0.6) is 5.88 Å². The van der Waals surface area contributed by atoms with E-state index in [4.69, 9.17) is 10.5 Å². The zero-order chi connectivity index (χ0) is 22.2. The molecule has 0 spiro atoms. The van der Waals surface area contributed by atoms with Crippen molar-refractivity contribution < 1.29 is 9.53 Å². The summed E-state index contributed by atoms with van der Waals surface area (Å²) in [5.41, 5.74) is 12.4. The van der Waals surface area contributed by atoms with Crippen molar-refractivity contribution in [3.05, 3.63) is 71.9 Å². The van der Waals surface area contributed by atoms with E-state index in [0.29, 0.717) is 23.3 Å². The van der Waals surface area contributed by atoms with Crippen LogP contribution in [0.2, 0.25) is 0 Å². The minimum absolute atomic E-state index is 0.0497. The summed E-state index contributed by atoms with van der Waals surface area (Å²) in [4.78, 5) is 21.5. The summed E-state index contributed by atoms with van der Waals surface area (Å²) in [7, 11) is 1.62. The van der Waals surface area contributed by atoms with E-state index in [1.165, 1.54) is 0 Å². The van der Waals surface area contributed by atoms with Gasteiger partial charge in [-0.05, 0) is 67.3 Å². The Morgan fingerprint density at radius 2 is 1.91 bits per heavy atom. The highest BCUT2D eigenvalue weighted by atomic mass is 16.5. The molecule has 1 amide bonds. The molecule has 1 saturated carbocycles. The first-order chi connectivity index (χ1) is 15.5. The van der Waals surface area contributed by atoms with E-state index in [1.807, 2.05) is 49.4 Å². The molecular weight excluding hydrogens is 400 g/mol. The summed E-state index contributed by atoms with van der Waals surface area (Å²) in [5.74, 6) is 1.01. The number of nitrogens with zero attached hydrogens (tertiary/aromatic N) is 2. The van der Waals surface area contributed by atoms with Crippen LogP contribution in [0.25, 0.3) is 33.2 Å². The van der Waals surface area contributed by atoms with Crippen LogP contribution in [0.4, 0.5) is 5.82 Å². The number of aryl methyl sites for hydroxylation is 1. The monoisotopic (exact) mass is 424 g/mol. The van der Waals surface area contributed by atoms with E-state index in [-0.39, 0.29) is 5.91 Å². The second-order valence-electron chi connectivity index (χ2n) is 8.21. The van der Waals surface area contributed by atoms with E-state index in [9.17, 15) is 4.79 Å². The molecule has 2 heterocycles. The minimum atomic E-state index is -0.0497. The lowest BCUT2D eigenvalue weighted by Gasteiger charge is -2.11. The molecule has 5 rings (SSSR count). The summed E-state index contributed by atoms with van der Waals surface area (Å²) in [5, 5.41) is 4.00. The first kappa shape index (κ1) is 20.0. The van der Waals surface area contributed by atoms with Gasteiger partial charge in [0.25, 0.3) is 5.91 Å². The average molecular weight is 425 g/mol. The third-order valence-corrected chi connectivity index (χ3v) is 5.75. The summed E-state index contributed by atoms with van der Waals surface area (Å²) in [6.07, 6.45) is 3.91. The SMILES string of the molecule is COc1ncc(-c2ccc3nc(N)c(-c4cccc(C(=O)NC5CC5)c4)cc3c2)cc1C. The van der Waals surface area contributed by atoms with Gasteiger partial charge in [0.2, 0.25) is 5.88 Å². The Morgan fingerprint density at radius 3 is 2.66 bits per heavy atom. The Bertz CT molecular complexity index is 1350. The number of nitrogens with one attached hydrogen (secondary N) is 1. The molecule has 160 valence electrons. The fourth-order valence-electron chi connectivity index (χ4n) is 3.86. The second-order valence-corrected chi connectivity index (χ2v) is 8.21. The Labute approximate surface area is 186 Å². The number of carbonyl (C=O) groups excluding carboxylic acids is 1. The van der Waals surface area contributed by atoms with Gasteiger partial charge in [0.15, 0.2) is 0 Å². The molecule has 2 aromatic carbocycles. The number of amides is 1. The van der Waals surface area contributed by atoms with Gasteiger partial charge in [-0.15, -0.1) is 0 Å². The molecule has 1 fully saturated rings. The number of fused-ring (bicyclic) bond motifs is 1. The van der Waals surface area contributed by atoms with Gasteiger partial charge in [-0.3, -0.25) is 4.79 Å². The quantitative estimate of drug-likeness (QED) is 0.482. The van der Waals surface area contributed by atoms with Gasteiger partial charge < -0.3 is 15.8 Å². The molecule has 0 unspecified atom stereocenters. The molecule has 0 radical (unpaired) electrons. The molecule has 6 heteroatoms. The number of methoxy groups -OCH3 is 1. The maximum absolute atomic E-state index is 12.5. The van der Waals surface area contributed by atoms with Crippen LogP contribution in [0.1, 0.15) is 28.8 Å². The Hall–Kier alpha value is -3.93. The number of nitrogens with two attached hydrogens (primary N) is 1. The van der Waals surface area contributed by atoms with Crippen LogP contribution < -0.4 is 15.8 Å². The zero-order valence-electron chi connectivity index (χ0n) is 18.1. The van der Waals surface area contributed by atoms with E-state index < -0.39 is 0 Å². The van der Waals surface area contributed by atoms with E-state index in [2.05, 4.69) is 27.4 Å². The number of ether oxygens (including phenoxy) is 1. The first-order valence-electron chi connectivity index (χ1n) is 10.6. The van der Waals surface area contributed by atoms with Crippen LogP contribution >= 0.6 is 0 Å². The number of anilines is 1. The van der Waals surface area contributed by atoms with Crippen molar-refractivity contribution in [1.29, 1.82) is 0 Å². The predicted molar refractivity (Wildman–Crippen MR) is 127 cm³/mol. The number of rotatable bonds is 5. The Morgan fingerprint density at radius 1 is 1.06 bits per heavy atom. The number of nitrogen functional groups attached to an aromatic ring is 1. The molecule has 1 aliphatic carbocycles. The number of hydrogen-bond donors (Lipinski definition) is 2. The molecule has 0 bridgehead atoms. The van der Waals surface area contributed by atoms with Crippen LogP contribution in [0.15, 0.2) is 60.8 Å². The topological polar surface area (TPSA) is 90.1 Å². The molecule has 0 aliphatic heterocycles. The van der Waals surface area contributed by atoms with Gasteiger partial charge >= 0.3 is 0 Å². The van der Waals surface area contributed by atoms with Crippen molar-refractivity contribution in [3.8, 4) is 28.1 Å². The molecule has 3 N–H and O–H groups in total. The van der Waals surface area contributed by atoms with E-state index in [0.717, 1.165) is 51.6 Å². The first-order valence-corrected chi connectivity index (χ1v) is 10.6. The average Bonchev–Trinajstić information content (AvgIpc) is 3.62. The summed E-state index contributed by atoms with van der Waals surface area (Å²) in [6, 6.07) is 18.0. The summed E-state index contributed by atoms with van der Waals surface area (Å²) in [6.45, 7) is 1.98. The van der Waals surface area contributed by atoms with E-state index >= 15 is 0 Å². The molecule has 0 saturated heterocycles. The van der Waals surface area contributed by atoms with Crippen molar-refractivity contribution in [1.82, 2.24) is 15.3 Å². The second kappa shape index (κ2) is 7.96. The van der Waals surface area contributed by atoms with Crippen LogP contribution in [0.3, 0.4) is 0 Å². The number of pyridine rings is 2. The molecule has 6 nitrogen and oxygen atoms in total. The number of benzene rings is 2. The smallest absolute Gasteiger partial charge is 0.251 e. The highest BCUT2D eigenvalue weighted by Gasteiger charge is 2.24. The van der Waals surface area contributed by atoms with Gasteiger partial charge in [0, 0.05) is 39.9 Å². The third-order valence-electron chi connectivity index (χ3n) is 5.75. The largest absolute Gasteiger partial charge is 0.481 e. The molecular formula is C26H24N4O2. The minimum Gasteiger partial charge on any atom is -0.481 e. The van der Waals surface area contributed by atoms with Crippen LogP contribution in [-0.2, 0) is 0 Å². The Balaban J connectivity index is 1.53. The van der Waals surface area contributed by atoms with Crippen LogP contribution in [-0.4, -0.2) is 29.0 Å². The highest BCUT2D eigenvalue weighted by molar-refractivity contribution is 5.97. The van der Waals surface area contributed by atoms with Crippen molar-refractivity contribution in [3.63, 3.8) is 0 Å². The normalized spacial score (nSPS) is 13.2. The lowest BCUT2D eigenvalue weighted by atomic mass is 9.99. The predicted octanol–water partition coefficient (Wildman–Crippen LogP) is 4.76. The van der Waals surface area contributed by atoms with Gasteiger partial charge in [0.1, 0.15) is 5.82 Å². The third kappa shape index (κ3) is 3.87. The molecule has 4 aromatic rings. The van der Waals surface area contributed by atoms with Gasteiger partial charge in [-0.1, -0.05) is 18.2 Å². The maximum atomic E-state index is 12.5. The fraction of sp³-hybridized carbons (Fsp3) is 0.192. The summed E-state index contributed by atoms with van der Waals surface area (Å²) < 4.78 is 5.27.